The van der Waals surface area contributed by atoms with Gasteiger partial charge >= 0.3 is 0 Å². The molecule has 1 unspecified atom stereocenters. The van der Waals surface area contributed by atoms with Gasteiger partial charge in [0.15, 0.2) is 0 Å². The zero-order valence-electron chi connectivity index (χ0n) is 14.7. The van der Waals surface area contributed by atoms with E-state index in [1.165, 1.54) is 62.9 Å². The van der Waals surface area contributed by atoms with Crippen molar-refractivity contribution < 1.29 is 0 Å². The van der Waals surface area contributed by atoms with E-state index in [0.717, 1.165) is 13.1 Å². The van der Waals surface area contributed by atoms with Crippen LogP contribution in [0.5, 0.6) is 0 Å². The zero-order chi connectivity index (χ0) is 16.1. The second-order valence-electron chi connectivity index (χ2n) is 7.69. The van der Waals surface area contributed by atoms with Crippen LogP contribution >= 0.6 is 0 Å². The van der Waals surface area contributed by atoms with Gasteiger partial charge < -0.3 is 10.2 Å². The first-order valence-corrected chi connectivity index (χ1v) is 9.37. The standard InChI is InChI=1S/C21H32N2/c1-3-18-7-9-19(10-8-18)20(17-23-15-13-22-14-16-23)21(2)11-5-4-6-12-21/h3,7-10,20,22H,1,4-6,11-17H2,2H3. The SMILES string of the molecule is C=Cc1ccc(C(CN2CCNCC2)C2(C)CCCCC2)cc1. The summed E-state index contributed by atoms with van der Waals surface area (Å²) >= 11 is 0. The van der Waals surface area contributed by atoms with Crippen molar-refractivity contribution in [2.45, 2.75) is 44.9 Å². The lowest BCUT2D eigenvalue weighted by atomic mass is 9.65. The van der Waals surface area contributed by atoms with Gasteiger partial charge in [0.05, 0.1) is 0 Å². The number of rotatable bonds is 5. The Kier molecular flexibility index (Phi) is 5.55. The fourth-order valence-corrected chi connectivity index (χ4v) is 4.45. The number of hydrogen-bond acceptors (Lipinski definition) is 2. The first-order valence-electron chi connectivity index (χ1n) is 9.37. The monoisotopic (exact) mass is 312 g/mol. The Morgan fingerprint density at radius 2 is 1.78 bits per heavy atom. The maximum Gasteiger partial charge on any atom is 0.0108 e. The van der Waals surface area contributed by atoms with Gasteiger partial charge in [0.2, 0.25) is 0 Å². The molecule has 0 bridgehead atoms. The van der Waals surface area contributed by atoms with E-state index in [2.05, 4.69) is 48.0 Å². The highest BCUT2D eigenvalue weighted by Crippen LogP contribution is 2.47. The van der Waals surface area contributed by atoms with Crippen molar-refractivity contribution in [1.82, 2.24) is 10.2 Å². The quantitative estimate of drug-likeness (QED) is 0.872. The summed E-state index contributed by atoms with van der Waals surface area (Å²) in [5, 5.41) is 3.48. The third-order valence-electron chi connectivity index (χ3n) is 6.06. The minimum atomic E-state index is 0.457. The Morgan fingerprint density at radius 3 is 2.39 bits per heavy atom. The number of hydrogen-bond donors (Lipinski definition) is 1. The average Bonchev–Trinajstić information content (AvgIpc) is 2.61. The number of benzene rings is 1. The van der Waals surface area contributed by atoms with Gasteiger partial charge in [0, 0.05) is 38.6 Å². The fourth-order valence-electron chi connectivity index (χ4n) is 4.45. The Hall–Kier alpha value is -1.12. The molecule has 0 aromatic heterocycles. The largest absolute Gasteiger partial charge is 0.314 e. The second-order valence-corrected chi connectivity index (χ2v) is 7.69. The van der Waals surface area contributed by atoms with Gasteiger partial charge in [-0.3, -0.25) is 0 Å². The summed E-state index contributed by atoms with van der Waals surface area (Å²) < 4.78 is 0. The van der Waals surface area contributed by atoms with Crippen molar-refractivity contribution in [3.8, 4) is 0 Å². The Labute approximate surface area is 142 Å². The summed E-state index contributed by atoms with van der Waals surface area (Å²) in [6.45, 7) is 12.3. The highest BCUT2D eigenvalue weighted by molar-refractivity contribution is 5.47. The molecule has 1 aromatic rings. The third-order valence-corrected chi connectivity index (χ3v) is 6.06. The molecule has 23 heavy (non-hydrogen) atoms. The van der Waals surface area contributed by atoms with Crippen molar-refractivity contribution in [1.29, 1.82) is 0 Å². The predicted molar refractivity (Wildman–Crippen MR) is 99.8 cm³/mol. The predicted octanol–water partition coefficient (Wildman–Crippen LogP) is 4.29. The van der Waals surface area contributed by atoms with Gasteiger partial charge in [0.1, 0.15) is 0 Å². The molecule has 1 N–H and O–H groups in total. The van der Waals surface area contributed by atoms with Crippen LogP contribution in [0.3, 0.4) is 0 Å². The molecule has 126 valence electrons. The molecule has 0 radical (unpaired) electrons. The number of nitrogens with zero attached hydrogens (tertiary/aromatic N) is 1. The lowest BCUT2D eigenvalue weighted by Gasteiger charge is -2.44. The molecule has 0 spiro atoms. The van der Waals surface area contributed by atoms with Crippen LogP contribution in [0.1, 0.15) is 56.1 Å². The Morgan fingerprint density at radius 1 is 1.13 bits per heavy atom. The van der Waals surface area contributed by atoms with Gasteiger partial charge in [-0.2, -0.15) is 0 Å². The molecule has 2 nitrogen and oxygen atoms in total. The molecule has 1 saturated heterocycles. The van der Waals surface area contributed by atoms with Gasteiger partial charge in [-0.15, -0.1) is 0 Å². The molecule has 1 heterocycles. The molecule has 1 saturated carbocycles. The summed E-state index contributed by atoms with van der Waals surface area (Å²) in [7, 11) is 0. The maximum absolute atomic E-state index is 3.89. The molecule has 2 fully saturated rings. The van der Waals surface area contributed by atoms with Crippen molar-refractivity contribution in [3.63, 3.8) is 0 Å². The first-order chi connectivity index (χ1) is 11.2. The van der Waals surface area contributed by atoms with Crippen molar-refractivity contribution in [3.05, 3.63) is 42.0 Å². The minimum Gasteiger partial charge on any atom is -0.314 e. The van der Waals surface area contributed by atoms with Crippen molar-refractivity contribution in [2.75, 3.05) is 32.7 Å². The van der Waals surface area contributed by atoms with E-state index in [1.807, 2.05) is 6.08 Å². The van der Waals surface area contributed by atoms with Crippen LogP contribution in [0.4, 0.5) is 0 Å². The molecular formula is C21H32N2. The molecule has 2 aliphatic rings. The molecule has 1 aromatic carbocycles. The molecule has 1 atom stereocenters. The topological polar surface area (TPSA) is 15.3 Å². The molecule has 1 aliphatic carbocycles. The maximum atomic E-state index is 3.89. The Bertz CT molecular complexity index is 493. The molecule has 1 aliphatic heterocycles. The van der Waals surface area contributed by atoms with E-state index < -0.39 is 0 Å². The first kappa shape index (κ1) is 16.7. The number of piperazine rings is 1. The second kappa shape index (κ2) is 7.63. The van der Waals surface area contributed by atoms with E-state index >= 15 is 0 Å². The summed E-state index contributed by atoms with van der Waals surface area (Å²) in [5.74, 6) is 0.653. The molecular weight excluding hydrogens is 280 g/mol. The third kappa shape index (κ3) is 4.05. The van der Waals surface area contributed by atoms with Crippen LogP contribution in [-0.4, -0.2) is 37.6 Å². The van der Waals surface area contributed by atoms with Crippen LogP contribution in [0, 0.1) is 5.41 Å². The van der Waals surface area contributed by atoms with Crippen LogP contribution in [0.2, 0.25) is 0 Å². The molecule has 2 heteroatoms. The van der Waals surface area contributed by atoms with Crippen molar-refractivity contribution in [2.24, 2.45) is 5.41 Å². The smallest absolute Gasteiger partial charge is 0.0108 e. The summed E-state index contributed by atoms with van der Waals surface area (Å²) in [5.41, 5.74) is 3.21. The van der Waals surface area contributed by atoms with E-state index in [0.29, 0.717) is 11.3 Å². The highest BCUT2D eigenvalue weighted by Gasteiger charge is 2.37. The highest BCUT2D eigenvalue weighted by atomic mass is 15.2. The van der Waals surface area contributed by atoms with Gasteiger partial charge in [0.25, 0.3) is 0 Å². The normalized spacial score (nSPS) is 23.3. The summed E-state index contributed by atoms with van der Waals surface area (Å²) in [6, 6.07) is 9.17. The van der Waals surface area contributed by atoms with Gasteiger partial charge in [-0.1, -0.05) is 63.1 Å². The fraction of sp³-hybridized carbons (Fsp3) is 0.619. The van der Waals surface area contributed by atoms with E-state index in [-0.39, 0.29) is 0 Å². The van der Waals surface area contributed by atoms with Crippen LogP contribution in [0.25, 0.3) is 6.08 Å². The molecule has 3 rings (SSSR count). The van der Waals surface area contributed by atoms with Crippen molar-refractivity contribution >= 4 is 6.08 Å². The van der Waals surface area contributed by atoms with Gasteiger partial charge in [-0.05, 0) is 29.4 Å². The lowest BCUT2D eigenvalue weighted by Crippen LogP contribution is -2.47. The van der Waals surface area contributed by atoms with Crippen LogP contribution < -0.4 is 5.32 Å². The van der Waals surface area contributed by atoms with E-state index in [4.69, 9.17) is 0 Å². The minimum absolute atomic E-state index is 0.457. The number of nitrogens with one attached hydrogen (secondary N) is 1. The summed E-state index contributed by atoms with van der Waals surface area (Å²) in [6.07, 6.45) is 8.93. The average molecular weight is 313 g/mol. The van der Waals surface area contributed by atoms with Gasteiger partial charge in [-0.25, -0.2) is 0 Å². The zero-order valence-corrected chi connectivity index (χ0v) is 14.7. The van der Waals surface area contributed by atoms with E-state index in [1.54, 1.807) is 0 Å². The van der Waals surface area contributed by atoms with E-state index in [9.17, 15) is 0 Å². The molecule has 0 amide bonds. The lowest BCUT2D eigenvalue weighted by molar-refractivity contribution is 0.119. The van der Waals surface area contributed by atoms with Crippen LogP contribution in [0.15, 0.2) is 30.8 Å². The van der Waals surface area contributed by atoms with Crippen LogP contribution in [-0.2, 0) is 0 Å². The summed E-state index contributed by atoms with van der Waals surface area (Å²) in [4.78, 5) is 2.67. The Balaban J connectivity index is 1.83.